The van der Waals surface area contributed by atoms with Gasteiger partial charge in [-0.15, -0.1) is 5.10 Å². The van der Waals surface area contributed by atoms with Crippen molar-refractivity contribution < 1.29 is 14.3 Å². The molecule has 3 aromatic carbocycles. The van der Waals surface area contributed by atoms with Crippen LogP contribution in [0.25, 0.3) is 11.4 Å². The second-order valence-electron chi connectivity index (χ2n) is 8.53. The van der Waals surface area contributed by atoms with Crippen LogP contribution in [0.15, 0.2) is 84.1 Å². The Balaban J connectivity index is 1.56. The highest BCUT2D eigenvalue weighted by Gasteiger charge is 2.34. The average molecular weight is 516 g/mol. The number of rotatable bonds is 8. The highest BCUT2D eigenvalue weighted by Crippen LogP contribution is 2.40. The molecular formula is C28H26ClN5O3. The molecule has 0 aliphatic carbocycles. The Bertz CT molecular complexity index is 1480. The largest absolute Gasteiger partial charge is 0.490 e. The fraction of sp³-hybridized carbons (Fsp3) is 0.179. The topological polar surface area (TPSA) is 104 Å². The Hall–Kier alpha value is -4.30. The maximum Gasteiger partial charge on any atom is 0.248 e. The zero-order valence-corrected chi connectivity index (χ0v) is 21.2. The molecular weight excluding hydrogens is 490 g/mol. The smallest absolute Gasteiger partial charge is 0.248 e. The third-order valence-corrected chi connectivity index (χ3v) is 6.38. The van der Waals surface area contributed by atoms with Crippen LogP contribution in [0, 0.1) is 0 Å². The van der Waals surface area contributed by atoms with Crippen molar-refractivity contribution in [3.8, 4) is 22.9 Å². The molecule has 1 aliphatic heterocycles. The summed E-state index contributed by atoms with van der Waals surface area (Å²) in [7, 11) is 0. The van der Waals surface area contributed by atoms with Crippen LogP contribution in [-0.4, -0.2) is 27.3 Å². The fourth-order valence-electron chi connectivity index (χ4n) is 4.35. The molecule has 1 atom stereocenters. The molecule has 0 saturated heterocycles. The standard InChI is InChI=1S/C28H26ClN5O3/c1-3-36-23-15-19(13-14-22(23)37-16-18-9-5-4-6-10-18)25-24(26(30)35)17(2)31-28-32-27(33-34(25)28)20-11-7-8-12-21(20)29/h4-15,25H,3,16H2,1-2H3,(H2,30,35)(H,31,32,33). The molecule has 3 N–H and O–H groups in total. The lowest BCUT2D eigenvalue weighted by Gasteiger charge is -2.28. The van der Waals surface area contributed by atoms with Gasteiger partial charge in [0.15, 0.2) is 17.3 Å². The molecule has 0 spiro atoms. The van der Waals surface area contributed by atoms with Gasteiger partial charge in [0, 0.05) is 11.3 Å². The van der Waals surface area contributed by atoms with Crippen LogP contribution in [0.5, 0.6) is 11.5 Å². The van der Waals surface area contributed by atoms with Gasteiger partial charge in [-0.1, -0.05) is 60.1 Å². The quantitative estimate of drug-likeness (QED) is 0.328. The molecule has 37 heavy (non-hydrogen) atoms. The summed E-state index contributed by atoms with van der Waals surface area (Å²) in [5, 5.41) is 8.41. The predicted octanol–water partition coefficient (Wildman–Crippen LogP) is 5.35. The highest BCUT2D eigenvalue weighted by atomic mass is 35.5. The van der Waals surface area contributed by atoms with Crippen molar-refractivity contribution >= 4 is 23.5 Å². The molecule has 1 aliphatic rings. The summed E-state index contributed by atoms with van der Waals surface area (Å²) in [5.41, 5.74) is 9.31. The van der Waals surface area contributed by atoms with Gasteiger partial charge in [-0.2, -0.15) is 4.98 Å². The van der Waals surface area contributed by atoms with E-state index < -0.39 is 11.9 Å². The van der Waals surface area contributed by atoms with E-state index in [1.54, 1.807) is 17.7 Å². The number of hydrogen-bond donors (Lipinski definition) is 2. The number of nitrogens with one attached hydrogen (secondary N) is 1. The minimum atomic E-state index is -0.625. The zero-order valence-electron chi connectivity index (χ0n) is 20.4. The number of carbonyl (C=O) groups excluding carboxylic acids is 1. The monoisotopic (exact) mass is 515 g/mol. The molecule has 8 nitrogen and oxygen atoms in total. The lowest BCUT2D eigenvalue weighted by atomic mass is 9.95. The lowest BCUT2D eigenvalue weighted by molar-refractivity contribution is -0.115. The number of fused-ring (bicyclic) bond motifs is 1. The van der Waals surface area contributed by atoms with Gasteiger partial charge in [-0.25, -0.2) is 4.68 Å². The maximum atomic E-state index is 12.6. The average Bonchev–Trinajstić information content (AvgIpc) is 3.31. The van der Waals surface area contributed by atoms with Gasteiger partial charge in [0.25, 0.3) is 0 Å². The fourth-order valence-corrected chi connectivity index (χ4v) is 4.57. The number of nitrogens with two attached hydrogens (primary N) is 1. The molecule has 5 rings (SSSR count). The third-order valence-electron chi connectivity index (χ3n) is 6.05. The number of carbonyl (C=O) groups is 1. The highest BCUT2D eigenvalue weighted by molar-refractivity contribution is 6.33. The molecule has 9 heteroatoms. The number of hydrogen-bond acceptors (Lipinski definition) is 6. The van der Waals surface area contributed by atoms with Crippen molar-refractivity contribution in [3.63, 3.8) is 0 Å². The molecule has 0 radical (unpaired) electrons. The van der Waals surface area contributed by atoms with Crippen molar-refractivity contribution in [2.75, 3.05) is 11.9 Å². The zero-order chi connectivity index (χ0) is 25.9. The Labute approximate surface area is 219 Å². The number of ether oxygens (including phenoxy) is 2. The number of halogens is 1. The van der Waals surface area contributed by atoms with E-state index in [1.807, 2.05) is 73.7 Å². The molecule has 188 valence electrons. The van der Waals surface area contributed by atoms with Crippen LogP contribution >= 0.6 is 11.6 Å². The lowest BCUT2D eigenvalue weighted by Crippen LogP contribution is -2.31. The summed E-state index contributed by atoms with van der Waals surface area (Å²) in [6, 6.07) is 22.2. The first-order valence-corrected chi connectivity index (χ1v) is 12.3. The van der Waals surface area contributed by atoms with Crippen molar-refractivity contribution in [3.05, 3.63) is 100 Å². The van der Waals surface area contributed by atoms with Crippen LogP contribution in [0.1, 0.15) is 31.0 Å². The van der Waals surface area contributed by atoms with Gasteiger partial charge in [0.1, 0.15) is 12.6 Å². The van der Waals surface area contributed by atoms with E-state index in [0.29, 0.717) is 58.3 Å². The summed E-state index contributed by atoms with van der Waals surface area (Å²) in [6.45, 7) is 4.54. The maximum absolute atomic E-state index is 12.6. The minimum Gasteiger partial charge on any atom is -0.490 e. The van der Waals surface area contributed by atoms with E-state index in [9.17, 15) is 4.79 Å². The van der Waals surface area contributed by atoms with Crippen molar-refractivity contribution in [1.29, 1.82) is 0 Å². The normalized spacial score (nSPS) is 14.6. The van der Waals surface area contributed by atoms with Crippen molar-refractivity contribution in [2.24, 2.45) is 5.73 Å². The Kier molecular flexibility index (Phi) is 6.83. The van der Waals surface area contributed by atoms with Crippen molar-refractivity contribution in [1.82, 2.24) is 14.8 Å². The van der Waals surface area contributed by atoms with Crippen molar-refractivity contribution in [2.45, 2.75) is 26.5 Å². The first-order valence-electron chi connectivity index (χ1n) is 11.9. The Morgan fingerprint density at radius 3 is 2.54 bits per heavy atom. The summed E-state index contributed by atoms with van der Waals surface area (Å²) in [4.78, 5) is 17.3. The van der Waals surface area contributed by atoms with E-state index in [0.717, 1.165) is 11.1 Å². The summed E-state index contributed by atoms with van der Waals surface area (Å²) < 4.78 is 13.6. The van der Waals surface area contributed by atoms with E-state index in [-0.39, 0.29) is 0 Å². The Morgan fingerprint density at radius 1 is 1.05 bits per heavy atom. The molecule has 4 aromatic rings. The van der Waals surface area contributed by atoms with E-state index in [2.05, 4.69) is 10.3 Å². The molecule has 0 saturated carbocycles. The molecule has 0 bridgehead atoms. The van der Waals surface area contributed by atoms with Gasteiger partial charge in [0.05, 0.1) is 17.2 Å². The summed E-state index contributed by atoms with van der Waals surface area (Å²) in [6.07, 6.45) is 0. The molecule has 2 heterocycles. The van der Waals surface area contributed by atoms with Crippen LogP contribution in [0.2, 0.25) is 5.02 Å². The van der Waals surface area contributed by atoms with Crippen LogP contribution in [0.3, 0.4) is 0 Å². The molecule has 1 amide bonds. The van der Waals surface area contributed by atoms with Gasteiger partial charge >= 0.3 is 0 Å². The number of amides is 1. The van der Waals surface area contributed by atoms with Gasteiger partial charge in [-0.3, -0.25) is 4.79 Å². The van der Waals surface area contributed by atoms with Gasteiger partial charge < -0.3 is 20.5 Å². The van der Waals surface area contributed by atoms with E-state index >= 15 is 0 Å². The number of primary amides is 1. The van der Waals surface area contributed by atoms with Crippen LogP contribution < -0.4 is 20.5 Å². The second kappa shape index (κ2) is 10.4. The van der Waals surface area contributed by atoms with Crippen LogP contribution in [0.4, 0.5) is 5.95 Å². The van der Waals surface area contributed by atoms with E-state index in [4.69, 9.17) is 31.9 Å². The third kappa shape index (κ3) is 4.88. The number of allylic oxidation sites excluding steroid dienone is 1. The first kappa shape index (κ1) is 24.4. The summed E-state index contributed by atoms with van der Waals surface area (Å²) in [5.74, 6) is 1.51. The minimum absolute atomic E-state index is 0.378. The summed E-state index contributed by atoms with van der Waals surface area (Å²) >= 11 is 6.41. The number of nitrogens with zero attached hydrogens (tertiary/aromatic N) is 3. The van der Waals surface area contributed by atoms with Gasteiger partial charge in [0.2, 0.25) is 11.9 Å². The van der Waals surface area contributed by atoms with Gasteiger partial charge in [-0.05, 0) is 49.2 Å². The number of benzene rings is 3. The molecule has 1 aromatic heterocycles. The molecule has 1 unspecified atom stereocenters. The predicted molar refractivity (Wildman–Crippen MR) is 143 cm³/mol. The van der Waals surface area contributed by atoms with Crippen LogP contribution in [-0.2, 0) is 11.4 Å². The second-order valence-corrected chi connectivity index (χ2v) is 8.93. The molecule has 0 fully saturated rings. The number of anilines is 1. The SMILES string of the molecule is CCOc1cc(C2C(C(N)=O)=C(C)Nc3nc(-c4ccccc4Cl)nn32)ccc1OCc1ccccc1. The Morgan fingerprint density at radius 2 is 1.81 bits per heavy atom. The first-order chi connectivity index (χ1) is 18.0. The number of aromatic nitrogens is 3. The van der Waals surface area contributed by atoms with E-state index in [1.165, 1.54) is 0 Å².